The molecule has 0 saturated carbocycles. The summed E-state index contributed by atoms with van der Waals surface area (Å²) < 4.78 is 45.5. The first kappa shape index (κ1) is 19.8. The average Bonchev–Trinajstić information content (AvgIpc) is 3.29. The Balaban J connectivity index is 1.46. The number of alkyl halides is 3. The molecular formula is C21H14F3N3O3S. The Morgan fingerprint density at radius 2 is 1.84 bits per heavy atom. The van der Waals surface area contributed by atoms with E-state index in [4.69, 9.17) is 4.74 Å². The molecule has 1 unspecified atom stereocenters. The minimum Gasteiger partial charge on any atom is -0.437 e. The molecule has 2 aliphatic rings. The zero-order chi connectivity index (χ0) is 21.8. The number of carbonyl (C=O) groups excluding carboxylic acids is 2. The Morgan fingerprint density at radius 3 is 2.55 bits per heavy atom. The molecule has 1 N–H and O–H groups in total. The average molecular weight is 445 g/mol. The summed E-state index contributed by atoms with van der Waals surface area (Å²) >= 11 is 1.01. The molecule has 2 amide bonds. The van der Waals surface area contributed by atoms with Crippen LogP contribution < -0.4 is 10.1 Å². The van der Waals surface area contributed by atoms with Crippen molar-refractivity contribution in [2.75, 3.05) is 0 Å². The van der Waals surface area contributed by atoms with Gasteiger partial charge in [-0.3, -0.25) is 14.9 Å². The first-order chi connectivity index (χ1) is 14.8. The van der Waals surface area contributed by atoms with Crippen molar-refractivity contribution in [3.63, 3.8) is 0 Å². The molecule has 1 saturated heterocycles. The highest BCUT2D eigenvalue weighted by Gasteiger charge is 2.41. The third-order valence-electron chi connectivity index (χ3n) is 5.46. The number of halogens is 3. The van der Waals surface area contributed by atoms with Crippen LogP contribution in [0.3, 0.4) is 0 Å². The van der Waals surface area contributed by atoms with Crippen LogP contribution in [0.1, 0.15) is 29.2 Å². The summed E-state index contributed by atoms with van der Waals surface area (Å²) in [5.41, 5.74) is 0.881. The topological polar surface area (TPSA) is 81.2 Å². The Kier molecular flexibility index (Phi) is 4.62. The van der Waals surface area contributed by atoms with Crippen molar-refractivity contribution in [2.45, 2.75) is 30.2 Å². The summed E-state index contributed by atoms with van der Waals surface area (Å²) in [6.07, 6.45) is -3.20. The van der Waals surface area contributed by atoms with E-state index in [0.717, 1.165) is 29.3 Å². The number of imide groups is 1. The summed E-state index contributed by atoms with van der Waals surface area (Å²) in [6.45, 7) is 0. The SMILES string of the molecule is O=C1NC(=O)C([C@@H]2CCc3cc(Oc4nnc(C(F)(F)F)c5ccccc45)ccc32)S1. The van der Waals surface area contributed by atoms with Crippen LogP contribution in [0.15, 0.2) is 42.5 Å². The lowest BCUT2D eigenvalue weighted by molar-refractivity contribution is -0.140. The summed E-state index contributed by atoms with van der Waals surface area (Å²) in [5.74, 6) is 0.0412. The van der Waals surface area contributed by atoms with Gasteiger partial charge in [0.2, 0.25) is 11.8 Å². The van der Waals surface area contributed by atoms with Crippen LogP contribution in [0.5, 0.6) is 11.6 Å². The van der Waals surface area contributed by atoms with Crippen molar-refractivity contribution in [1.82, 2.24) is 15.5 Å². The molecule has 1 aliphatic carbocycles. The lowest BCUT2D eigenvalue weighted by Gasteiger charge is -2.16. The van der Waals surface area contributed by atoms with Crippen LogP contribution in [0.25, 0.3) is 10.8 Å². The number of aromatic nitrogens is 2. The number of nitrogens with one attached hydrogen (secondary N) is 1. The van der Waals surface area contributed by atoms with E-state index in [1.165, 1.54) is 18.2 Å². The molecule has 5 rings (SSSR count). The lowest BCUT2D eigenvalue weighted by Crippen LogP contribution is -2.27. The number of hydrogen-bond acceptors (Lipinski definition) is 6. The highest BCUT2D eigenvalue weighted by atomic mass is 32.2. The molecule has 158 valence electrons. The first-order valence-electron chi connectivity index (χ1n) is 9.46. The van der Waals surface area contributed by atoms with Crippen molar-refractivity contribution in [1.29, 1.82) is 0 Å². The molecule has 2 aromatic carbocycles. The summed E-state index contributed by atoms with van der Waals surface area (Å²) in [6, 6.07) is 11.3. The third-order valence-corrected chi connectivity index (χ3v) is 6.57. The van der Waals surface area contributed by atoms with Crippen LogP contribution in [0.4, 0.5) is 18.0 Å². The maximum Gasteiger partial charge on any atom is 0.435 e. The normalized spacial score (nSPS) is 20.7. The van der Waals surface area contributed by atoms with Crippen molar-refractivity contribution < 1.29 is 27.5 Å². The van der Waals surface area contributed by atoms with Gasteiger partial charge in [0.25, 0.3) is 5.24 Å². The van der Waals surface area contributed by atoms with Gasteiger partial charge in [0, 0.05) is 16.7 Å². The summed E-state index contributed by atoms with van der Waals surface area (Å²) in [4.78, 5) is 23.6. The van der Waals surface area contributed by atoms with Crippen LogP contribution in [0, 0.1) is 0 Å². The number of carbonyl (C=O) groups is 2. The van der Waals surface area contributed by atoms with Gasteiger partial charge in [-0.1, -0.05) is 36.0 Å². The van der Waals surface area contributed by atoms with Gasteiger partial charge >= 0.3 is 6.18 Å². The number of benzene rings is 2. The first-order valence-corrected chi connectivity index (χ1v) is 10.3. The zero-order valence-electron chi connectivity index (χ0n) is 15.8. The molecular weight excluding hydrogens is 431 g/mol. The maximum atomic E-state index is 13.2. The minimum atomic E-state index is -4.63. The van der Waals surface area contributed by atoms with E-state index < -0.39 is 17.1 Å². The van der Waals surface area contributed by atoms with Crippen LogP contribution in [-0.2, 0) is 17.4 Å². The van der Waals surface area contributed by atoms with E-state index >= 15 is 0 Å². The molecule has 6 nitrogen and oxygen atoms in total. The number of rotatable bonds is 3. The zero-order valence-corrected chi connectivity index (χ0v) is 16.6. The minimum absolute atomic E-state index is 0.0191. The Bertz CT molecular complexity index is 1230. The fraction of sp³-hybridized carbons (Fsp3) is 0.238. The Labute approximate surface area is 178 Å². The van der Waals surface area contributed by atoms with Crippen LogP contribution in [-0.4, -0.2) is 26.6 Å². The monoisotopic (exact) mass is 445 g/mol. The van der Waals surface area contributed by atoms with Crippen molar-refractivity contribution >= 4 is 33.7 Å². The van der Waals surface area contributed by atoms with E-state index in [1.54, 1.807) is 18.2 Å². The largest absolute Gasteiger partial charge is 0.437 e. The lowest BCUT2D eigenvalue weighted by atomic mass is 9.97. The second-order valence-corrected chi connectivity index (χ2v) is 8.43. The van der Waals surface area contributed by atoms with E-state index in [0.29, 0.717) is 12.2 Å². The summed E-state index contributed by atoms with van der Waals surface area (Å²) in [7, 11) is 0. The number of aryl methyl sites for hydroxylation is 1. The molecule has 2 heterocycles. The molecule has 2 atom stereocenters. The molecule has 1 aliphatic heterocycles. The molecule has 0 bridgehead atoms. The van der Waals surface area contributed by atoms with E-state index in [9.17, 15) is 22.8 Å². The number of amides is 2. The number of hydrogen-bond donors (Lipinski definition) is 1. The maximum absolute atomic E-state index is 13.2. The molecule has 0 radical (unpaired) electrons. The van der Waals surface area contributed by atoms with Gasteiger partial charge in [-0.25, -0.2) is 0 Å². The molecule has 31 heavy (non-hydrogen) atoms. The fourth-order valence-corrected chi connectivity index (χ4v) is 5.12. The van der Waals surface area contributed by atoms with Gasteiger partial charge in [-0.15, -0.1) is 10.2 Å². The Hall–Kier alpha value is -3.14. The second-order valence-electron chi connectivity index (χ2n) is 7.32. The van der Waals surface area contributed by atoms with Crippen molar-refractivity contribution in [3.05, 3.63) is 59.3 Å². The molecule has 0 spiro atoms. The van der Waals surface area contributed by atoms with Gasteiger partial charge in [0.1, 0.15) is 11.0 Å². The molecule has 1 fully saturated rings. The number of ether oxygens (including phenoxy) is 1. The number of thioether (sulfide) groups is 1. The van der Waals surface area contributed by atoms with Crippen molar-refractivity contribution in [3.8, 4) is 11.6 Å². The van der Waals surface area contributed by atoms with Gasteiger partial charge < -0.3 is 4.74 Å². The van der Waals surface area contributed by atoms with Gasteiger partial charge in [-0.2, -0.15) is 13.2 Å². The second kappa shape index (κ2) is 7.23. The predicted octanol–water partition coefficient (Wildman–Crippen LogP) is 4.82. The quantitative estimate of drug-likeness (QED) is 0.623. The number of nitrogens with zero attached hydrogens (tertiary/aromatic N) is 2. The summed E-state index contributed by atoms with van der Waals surface area (Å²) in [5, 5.41) is 8.67. The third kappa shape index (κ3) is 3.50. The van der Waals surface area contributed by atoms with Crippen molar-refractivity contribution in [2.24, 2.45) is 0 Å². The number of fused-ring (bicyclic) bond motifs is 2. The highest BCUT2D eigenvalue weighted by Crippen LogP contribution is 2.44. The van der Waals surface area contributed by atoms with Gasteiger partial charge in [-0.05, 0) is 42.2 Å². The van der Waals surface area contributed by atoms with E-state index in [1.807, 2.05) is 6.07 Å². The van der Waals surface area contributed by atoms with Gasteiger partial charge in [0.15, 0.2) is 5.69 Å². The van der Waals surface area contributed by atoms with E-state index in [2.05, 4.69) is 15.5 Å². The van der Waals surface area contributed by atoms with Crippen LogP contribution in [0.2, 0.25) is 0 Å². The van der Waals surface area contributed by atoms with Gasteiger partial charge in [0.05, 0.1) is 0 Å². The highest BCUT2D eigenvalue weighted by molar-refractivity contribution is 8.15. The molecule has 1 aromatic heterocycles. The Morgan fingerprint density at radius 1 is 1.06 bits per heavy atom. The fourth-order valence-electron chi connectivity index (χ4n) is 4.12. The molecule has 3 aromatic rings. The van der Waals surface area contributed by atoms with Crippen LogP contribution >= 0.6 is 11.8 Å². The predicted molar refractivity (Wildman–Crippen MR) is 107 cm³/mol. The standard InChI is InChI=1S/C21H14F3N3O3S/c22-21(23,24)17-14-3-1-2-4-15(14)19(27-26-17)30-11-6-8-12-10(9-11)5-7-13(12)16-18(28)25-20(29)31-16/h1-4,6,8-9,13,16H,5,7H2,(H,25,28,29)/t13-,16?/m1/s1. The van der Waals surface area contributed by atoms with E-state index in [-0.39, 0.29) is 33.7 Å². The smallest absolute Gasteiger partial charge is 0.435 e. The molecule has 10 heteroatoms.